The van der Waals surface area contributed by atoms with E-state index in [0.717, 1.165) is 0 Å². The monoisotopic (exact) mass is 603 g/mol. The van der Waals surface area contributed by atoms with Crippen molar-refractivity contribution in [3.63, 3.8) is 0 Å². The van der Waals surface area contributed by atoms with Crippen LogP contribution in [0.3, 0.4) is 0 Å². The maximum Gasteiger partial charge on any atom is 0.354 e. The van der Waals surface area contributed by atoms with E-state index in [9.17, 15) is 40.2 Å². The Hall–Kier alpha value is -3.20. The van der Waals surface area contributed by atoms with Crippen molar-refractivity contribution in [1.82, 2.24) is 19.8 Å². The van der Waals surface area contributed by atoms with Crippen LogP contribution in [0.2, 0.25) is 0 Å². The number of nitrogens with zero attached hydrogens (tertiary/aromatic N) is 4. The molecule has 8 N–H and O–H groups in total. The third-order valence-electron chi connectivity index (χ3n) is 7.70. The van der Waals surface area contributed by atoms with Gasteiger partial charge < -0.3 is 36.4 Å². The molecular weight excluding hydrogens is 558 g/mol. The number of anilines is 1. The van der Waals surface area contributed by atoms with Crippen LogP contribution in [0, 0.1) is 0 Å². The fourth-order valence-corrected chi connectivity index (χ4v) is 5.16. The predicted molar refractivity (Wildman–Crippen MR) is 158 cm³/mol. The number of aliphatic hydroxyl groups is 4. The topological polar surface area (TPSA) is 214 Å². The molecule has 0 aromatic carbocycles. The van der Waals surface area contributed by atoms with Crippen LogP contribution in [0.1, 0.15) is 83.7 Å². The average Bonchev–Trinajstić information content (AvgIpc) is 2.96. The number of hydrogen-bond acceptors (Lipinski definition) is 11. The highest BCUT2D eigenvalue weighted by atomic mass is 16.4. The van der Waals surface area contributed by atoms with Crippen LogP contribution in [0.4, 0.5) is 5.69 Å². The molecule has 2 aromatic rings. The Kier molecular flexibility index (Phi) is 13.7. The Balaban J connectivity index is 1.66. The number of carbonyl (C=O) groups is 2. The highest BCUT2D eigenvalue weighted by Crippen LogP contribution is 2.17. The Bertz CT molecular complexity index is 1160. The van der Waals surface area contributed by atoms with Gasteiger partial charge in [-0.25, -0.2) is 19.6 Å². The van der Waals surface area contributed by atoms with Crippen LogP contribution < -0.4 is 5.73 Å². The quantitative estimate of drug-likeness (QED) is 0.249. The van der Waals surface area contributed by atoms with Crippen molar-refractivity contribution >= 4 is 17.6 Å². The second-order valence-corrected chi connectivity index (χ2v) is 11.4. The number of aliphatic hydroxyl groups excluding tert-OH is 4. The first-order valence-electron chi connectivity index (χ1n) is 14.8. The molecule has 4 atom stereocenters. The van der Waals surface area contributed by atoms with Crippen molar-refractivity contribution in [3.8, 4) is 0 Å². The van der Waals surface area contributed by atoms with Gasteiger partial charge in [0, 0.05) is 45.0 Å². The van der Waals surface area contributed by atoms with Crippen LogP contribution in [0.25, 0.3) is 0 Å². The van der Waals surface area contributed by atoms with Gasteiger partial charge in [0.05, 0.1) is 35.8 Å². The zero-order valence-corrected chi connectivity index (χ0v) is 24.5. The molecule has 2 aromatic heterocycles. The first-order valence-corrected chi connectivity index (χ1v) is 14.8. The number of hydrogen-bond donors (Lipinski definition) is 7. The standard InChI is InChI=1S/C30H45N5O8/c31-20-16-22(33-28(17-20)30(42)43)19-35-14-10-25(38)6-4-23(36)8-12-34(13-9-24(37)5-7-26(39)11-15-35)18-21-2-1-3-27(32-21)29(40)41/h1-3,16-17,23-26,36-39H,4-15,18-19H2,(H2,31,33)(H,40,41)(H,42,43). The molecule has 43 heavy (non-hydrogen) atoms. The van der Waals surface area contributed by atoms with Crippen LogP contribution in [-0.2, 0) is 13.1 Å². The molecule has 0 spiro atoms. The van der Waals surface area contributed by atoms with Gasteiger partial charge in [0.25, 0.3) is 0 Å². The van der Waals surface area contributed by atoms with E-state index >= 15 is 0 Å². The summed E-state index contributed by atoms with van der Waals surface area (Å²) in [7, 11) is 0. The Labute approximate surface area is 251 Å². The Morgan fingerprint density at radius 1 is 0.651 bits per heavy atom. The lowest BCUT2D eigenvalue weighted by Crippen LogP contribution is -2.32. The first kappa shape index (κ1) is 34.3. The summed E-state index contributed by atoms with van der Waals surface area (Å²) in [6, 6.07) is 7.72. The Morgan fingerprint density at radius 3 is 1.51 bits per heavy atom. The lowest BCUT2D eigenvalue weighted by molar-refractivity contribution is 0.0671. The largest absolute Gasteiger partial charge is 0.477 e. The summed E-state index contributed by atoms with van der Waals surface area (Å²) in [5.74, 6) is -2.29. The number of nitrogens with two attached hydrogens (primary N) is 1. The van der Waals surface area contributed by atoms with Crippen molar-refractivity contribution in [2.24, 2.45) is 0 Å². The molecule has 238 valence electrons. The molecule has 0 amide bonds. The van der Waals surface area contributed by atoms with E-state index in [-0.39, 0.29) is 23.6 Å². The molecule has 3 rings (SSSR count). The normalized spacial score (nSPS) is 24.6. The van der Waals surface area contributed by atoms with Gasteiger partial charge in [0.15, 0.2) is 5.69 Å². The highest BCUT2D eigenvalue weighted by Gasteiger charge is 2.19. The highest BCUT2D eigenvalue weighted by molar-refractivity contribution is 5.86. The second kappa shape index (κ2) is 17.2. The van der Waals surface area contributed by atoms with Gasteiger partial charge in [-0.2, -0.15) is 0 Å². The number of pyridine rings is 2. The SMILES string of the molecule is Nc1cc(CN2CCC(O)CCC(O)CCN(Cc3cccc(C(=O)O)n3)CCC(O)CCC(O)CC2)nc(C(=O)O)c1. The molecule has 1 aliphatic heterocycles. The molecule has 1 fully saturated rings. The zero-order valence-electron chi connectivity index (χ0n) is 24.5. The molecule has 0 saturated carbocycles. The summed E-state index contributed by atoms with van der Waals surface area (Å²) in [5, 5.41) is 61.3. The van der Waals surface area contributed by atoms with Gasteiger partial charge in [0.2, 0.25) is 0 Å². The van der Waals surface area contributed by atoms with E-state index in [1.165, 1.54) is 12.1 Å². The van der Waals surface area contributed by atoms with Gasteiger partial charge >= 0.3 is 11.9 Å². The minimum Gasteiger partial charge on any atom is -0.477 e. The van der Waals surface area contributed by atoms with Crippen molar-refractivity contribution in [1.29, 1.82) is 0 Å². The molecule has 13 heteroatoms. The third-order valence-corrected chi connectivity index (χ3v) is 7.70. The minimum atomic E-state index is -1.18. The average molecular weight is 604 g/mol. The molecule has 0 bridgehead atoms. The molecule has 4 unspecified atom stereocenters. The minimum absolute atomic E-state index is 0.0466. The number of aromatic nitrogens is 2. The number of rotatable bonds is 6. The van der Waals surface area contributed by atoms with Gasteiger partial charge in [-0.15, -0.1) is 0 Å². The predicted octanol–water partition coefficient (Wildman–Crippen LogP) is 1.34. The van der Waals surface area contributed by atoms with Gasteiger partial charge in [-0.1, -0.05) is 6.07 Å². The summed E-state index contributed by atoms with van der Waals surface area (Å²) < 4.78 is 0. The molecule has 3 heterocycles. The number of nitrogen functional groups attached to an aromatic ring is 1. The van der Waals surface area contributed by atoms with Crippen molar-refractivity contribution in [3.05, 3.63) is 53.1 Å². The summed E-state index contributed by atoms with van der Waals surface area (Å²) >= 11 is 0. The molecule has 0 aliphatic carbocycles. The van der Waals surface area contributed by atoms with E-state index in [0.29, 0.717) is 95.5 Å². The summed E-state index contributed by atoms with van der Waals surface area (Å²) in [4.78, 5) is 35.1. The van der Waals surface area contributed by atoms with Gasteiger partial charge in [0.1, 0.15) is 5.69 Å². The van der Waals surface area contributed by atoms with E-state index in [4.69, 9.17) is 5.73 Å². The van der Waals surface area contributed by atoms with Gasteiger partial charge in [-0.05, 0) is 75.6 Å². The van der Waals surface area contributed by atoms with Crippen LogP contribution in [0.5, 0.6) is 0 Å². The number of carboxylic acid groups (broad SMARTS) is 2. The van der Waals surface area contributed by atoms with E-state index < -0.39 is 36.4 Å². The van der Waals surface area contributed by atoms with Crippen LogP contribution in [0.15, 0.2) is 30.3 Å². The Morgan fingerprint density at radius 2 is 1.07 bits per heavy atom. The fourth-order valence-electron chi connectivity index (χ4n) is 5.16. The van der Waals surface area contributed by atoms with Crippen molar-refractivity contribution < 1.29 is 40.2 Å². The maximum absolute atomic E-state index is 11.4. The summed E-state index contributed by atoms with van der Waals surface area (Å²) in [6.45, 7) is 2.55. The molecular formula is C30H45N5O8. The van der Waals surface area contributed by atoms with E-state index in [2.05, 4.69) is 9.97 Å². The second-order valence-electron chi connectivity index (χ2n) is 11.4. The molecule has 1 saturated heterocycles. The third kappa shape index (κ3) is 12.5. The number of aromatic carboxylic acids is 2. The van der Waals surface area contributed by atoms with Crippen LogP contribution in [-0.4, -0.2) is 113 Å². The van der Waals surface area contributed by atoms with E-state index in [1.807, 2.05) is 9.80 Å². The first-order chi connectivity index (χ1) is 20.5. The molecule has 1 aliphatic rings. The summed E-state index contributed by atoms with van der Waals surface area (Å²) in [5.41, 5.74) is 7.03. The lowest BCUT2D eigenvalue weighted by Gasteiger charge is -2.27. The van der Waals surface area contributed by atoms with Crippen molar-refractivity contribution in [2.75, 3.05) is 31.9 Å². The van der Waals surface area contributed by atoms with Crippen LogP contribution >= 0.6 is 0 Å². The smallest absolute Gasteiger partial charge is 0.354 e. The zero-order chi connectivity index (χ0) is 31.4. The van der Waals surface area contributed by atoms with Crippen molar-refractivity contribution in [2.45, 2.75) is 88.9 Å². The fraction of sp³-hybridized carbons (Fsp3) is 0.600. The maximum atomic E-state index is 11.4. The summed E-state index contributed by atoms with van der Waals surface area (Å²) in [6.07, 6.45) is 0.587. The van der Waals surface area contributed by atoms with Gasteiger partial charge in [-0.3, -0.25) is 9.80 Å². The molecule has 0 radical (unpaired) electrons. The number of carboxylic acids is 2. The lowest BCUT2D eigenvalue weighted by atomic mass is 10.0. The van der Waals surface area contributed by atoms with E-state index in [1.54, 1.807) is 18.2 Å². The molecule has 13 nitrogen and oxygen atoms in total.